The van der Waals surface area contributed by atoms with Gasteiger partial charge in [0.25, 0.3) is 5.91 Å². The molecule has 1 amide bonds. The van der Waals surface area contributed by atoms with Gasteiger partial charge in [-0.1, -0.05) is 42.7 Å². The number of aliphatic hydroxyl groups is 1. The van der Waals surface area contributed by atoms with Crippen LogP contribution in [0.25, 0.3) is 0 Å². The van der Waals surface area contributed by atoms with E-state index in [1.54, 1.807) is 0 Å². The molecule has 0 bridgehead atoms. The standard InChI is InChI=1S/C18H23NO2/c1-15-9-10-16(8-7-13-20)17(14-15)18(21)19-11-5-3-2-4-6-12-19/h9-10,14,20H,2-6,11-13H2,1H3. The highest BCUT2D eigenvalue weighted by atomic mass is 16.2. The number of carbonyl (C=O) groups excluding carboxylic acids is 1. The third kappa shape index (κ3) is 4.34. The van der Waals surface area contributed by atoms with Crippen molar-refractivity contribution in [2.45, 2.75) is 39.0 Å². The Hall–Kier alpha value is -1.79. The maximum Gasteiger partial charge on any atom is 0.255 e. The van der Waals surface area contributed by atoms with Crippen molar-refractivity contribution in [2.24, 2.45) is 0 Å². The van der Waals surface area contributed by atoms with Crippen LogP contribution in [0.3, 0.4) is 0 Å². The molecule has 1 fully saturated rings. The van der Waals surface area contributed by atoms with Gasteiger partial charge in [-0.2, -0.15) is 0 Å². The number of aryl methyl sites for hydroxylation is 1. The fourth-order valence-corrected chi connectivity index (χ4v) is 2.70. The van der Waals surface area contributed by atoms with Crippen LogP contribution in [0.15, 0.2) is 18.2 Å². The molecular weight excluding hydrogens is 262 g/mol. The summed E-state index contributed by atoms with van der Waals surface area (Å²) < 4.78 is 0. The van der Waals surface area contributed by atoms with Crippen molar-refractivity contribution in [3.8, 4) is 11.8 Å². The summed E-state index contributed by atoms with van der Waals surface area (Å²) in [6.45, 7) is 3.46. The SMILES string of the molecule is Cc1ccc(C#CCO)c(C(=O)N2CCCCCCC2)c1. The van der Waals surface area contributed by atoms with Crippen molar-refractivity contribution < 1.29 is 9.90 Å². The molecule has 0 aliphatic carbocycles. The van der Waals surface area contributed by atoms with Crippen molar-refractivity contribution in [3.05, 3.63) is 34.9 Å². The Balaban J connectivity index is 2.25. The van der Waals surface area contributed by atoms with Gasteiger partial charge in [-0.3, -0.25) is 4.79 Å². The van der Waals surface area contributed by atoms with Gasteiger partial charge in [0.2, 0.25) is 0 Å². The van der Waals surface area contributed by atoms with Crippen LogP contribution in [0.5, 0.6) is 0 Å². The zero-order chi connectivity index (χ0) is 15.1. The second-order valence-corrected chi connectivity index (χ2v) is 5.57. The predicted molar refractivity (Wildman–Crippen MR) is 84.1 cm³/mol. The number of benzene rings is 1. The minimum Gasteiger partial charge on any atom is -0.384 e. The molecule has 1 aromatic carbocycles. The molecule has 0 saturated carbocycles. The average Bonchev–Trinajstić information content (AvgIpc) is 2.45. The van der Waals surface area contributed by atoms with Gasteiger partial charge >= 0.3 is 0 Å². The Morgan fingerprint density at radius 2 is 1.86 bits per heavy atom. The van der Waals surface area contributed by atoms with Gasteiger partial charge in [-0.05, 0) is 31.9 Å². The highest BCUT2D eigenvalue weighted by molar-refractivity contribution is 5.97. The maximum absolute atomic E-state index is 12.8. The largest absolute Gasteiger partial charge is 0.384 e. The molecule has 3 heteroatoms. The van der Waals surface area contributed by atoms with Crippen LogP contribution in [-0.4, -0.2) is 35.6 Å². The highest BCUT2D eigenvalue weighted by Gasteiger charge is 2.19. The number of likely N-dealkylation sites (tertiary alicyclic amines) is 1. The summed E-state index contributed by atoms with van der Waals surface area (Å²) in [6, 6.07) is 5.73. The smallest absolute Gasteiger partial charge is 0.255 e. The minimum absolute atomic E-state index is 0.0721. The summed E-state index contributed by atoms with van der Waals surface area (Å²) in [5.41, 5.74) is 2.43. The zero-order valence-corrected chi connectivity index (χ0v) is 12.7. The Labute approximate surface area is 127 Å². The lowest BCUT2D eigenvalue weighted by molar-refractivity contribution is 0.0742. The van der Waals surface area contributed by atoms with Gasteiger partial charge in [-0.15, -0.1) is 0 Å². The first-order chi connectivity index (χ1) is 10.2. The number of carbonyl (C=O) groups is 1. The molecule has 1 aliphatic rings. The Kier molecular flexibility index (Phi) is 5.83. The fourth-order valence-electron chi connectivity index (χ4n) is 2.70. The number of nitrogens with zero attached hydrogens (tertiary/aromatic N) is 1. The van der Waals surface area contributed by atoms with E-state index in [4.69, 9.17) is 5.11 Å². The Morgan fingerprint density at radius 3 is 2.52 bits per heavy atom. The molecule has 0 atom stereocenters. The van der Waals surface area contributed by atoms with E-state index in [0.717, 1.165) is 31.5 Å². The molecule has 112 valence electrons. The van der Waals surface area contributed by atoms with Crippen LogP contribution in [0.1, 0.15) is 53.6 Å². The Morgan fingerprint density at radius 1 is 1.19 bits per heavy atom. The average molecular weight is 285 g/mol. The topological polar surface area (TPSA) is 40.5 Å². The van der Waals surface area contributed by atoms with E-state index in [1.807, 2.05) is 30.0 Å². The molecule has 21 heavy (non-hydrogen) atoms. The van der Waals surface area contributed by atoms with Crippen molar-refractivity contribution in [2.75, 3.05) is 19.7 Å². The molecule has 1 heterocycles. The van der Waals surface area contributed by atoms with Crippen LogP contribution in [0.2, 0.25) is 0 Å². The summed E-state index contributed by atoms with van der Waals surface area (Å²) in [7, 11) is 0. The predicted octanol–water partition coefficient (Wildman–Crippen LogP) is 2.75. The van der Waals surface area contributed by atoms with Crippen molar-refractivity contribution in [1.29, 1.82) is 0 Å². The van der Waals surface area contributed by atoms with Crippen molar-refractivity contribution >= 4 is 5.91 Å². The number of hydrogen-bond donors (Lipinski definition) is 1. The lowest BCUT2D eigenvalue weighted by atomic mass is 10.0. The summed E-state index contributed by atoms with van der Waals surface area (Å²) in [6.07, 6.45) is 5.84. The molecule has 0 spiro atoms. The normalized spacial score (nSPS) is 15.6. The molecule has 1 saturated heterocycles. The molecule has 3 nitrogen and oxygen atoms in total. The molecule has 1 N–H and O–H groups in total. The van der Waals surface area contributed by atoms with E-state index in [1.165, 1.54) is 19.3 Å². The first kappa shape index (κ1) is 15.6. The molecule has 0 unspecified atom stereocenters. The highest BCUT2D eigenvalue weighted by Crippen LogP contribution is 2.17. The molecule has 1 aliphatic heterocycles. The first-order valence-electron chi connectivity index (χ1n) is 7.72. The van der Waals surface area contributed by atoms with Gasteiger partial charge in [0.05, 0.1) is 5.56 Å². The monoisotopic (exact) mass is 285 g/mol. The number of rotatable bonds is 1. The molecule has 0 radical (unpaired) electrons. The van der Waals surface area contributed by atoms with Gasteiger partial charge in [0.15, 0.2) is 0 Å². The van der Waals surface area contributed by atoms with Crippen LogP contribution in [0.4, 0.5) is 0 Å². The first-order valence-corrected chi connectivity index (χ1v) is 7.72. The molecule has 2 rings (SSSR count). The second kappa shape index (κ2) is 7.85. The number of aliphatic hydroxyl groups excluding tert-OH is 1. The number of amides is 1. The molecule has 0 aromatic heterocycles. The van der Waals surface area contributed by atoms with Gasteiger partial charge in [-0.25, -0.2) is 0 Å². The third-order valence-electron chi connectivity index (χ3n) is 3.85. The zero-order valence-electron chi connectivity index (χ0n) is 12.7. The van der Waals surface area contributed by atoms with E-state index in [2.05, 4.69) is 11.8 Å². The summed E-state index contributed by atoms with van der Waals surface area (Å²) in [5, 5.41) is 8.86. The molecular formula is C18H23NO2. The quantitative estimate of drug-likeness (QED) is 0.806. The summed E-state index contributed by atoms with van der Waals surface area (Å²) >= 11 is 0. The van der Waals surface area contributed by atoms with E-state index < -0.39 is 0 Å². The van der Waals surface area contributed by atoms with E-state index in [9.17, 15) is 4.79 Å². The fraction of sp³-hybridized carbons (Fsp3) is 0.500. The van der Waals surface area contributed by atoms with Crippen LogP contribution in [0, 0.1) is 18.8 Å². The summed E-state index contributed by atoms with van der Waals surface area (Å²) in [4.78, 5) is 14.8. The van der Waals surface area contributed by atoms with Gasteiger partial charge in [0, 0.05) is 18.7 Å². The van der Waals surface area contributed by atoms with E-state index >= 15 is 0 Å². The van der Waals surface area contributed by atoms with Crippen molar-refractivity contribution in [1.82, 2.24) is 4.90 Å². The van der Waals surface area contributed by atoms with Crippen LogP contribution in [-0.2, 0) is 0 Å². The lowest BCUT2D eigenvalue weighted by Crippen LogP contribution is -2.34. The van der Waals surface area contributed by atoms with Crippen LogP contribution >= 0.6 is 0 Å². The van der Waals surface area contributed by atoms with Gasteiger partial charge in [0.1, 0.15) is 6.61 Å². The van der Waals surface area contributed by atoms with E-state index in [-0.39, 0.29) is 12.5 Å². The lowest BCUT2D eigenvalue weighted by Gasteiger charge is -2.25. The van der Waals surface area contributed by atoms with Crippen LogP contribution < -0.4 is 0 Å². The second-order valence-electron chi connectivity index (χ2n) is 5.57. The molecule has 1 aromatic rings. The van der Waals surface area contributed by atoms with Crippen molar-refractivity contribution in [3.63, 3.8) is 0 Å². The van der Waals surface area contributed by atoms with E-state index in [0.29, 0.717) is 11.1 Å². The summed E-state index contributed by atoms with van der Waals surface area (Å²) in [5.74, 6) is 5.60. The third-order valence-corrected chi connectivity index (χ3v) is 3.85. The van der Waals surface area contributed by atoms with Gasteiger partial charge < -0.3 is 10.0 Å². The number of hydrogen-bond acceptors (Lipinski definition) is 2. The minimum atomic E-state index is -0.189. The Bertz CT molecular complexity index is 546. The maximum atomic E-state index is 12.8.